The number of hydrogen-bond donors (Lipinski definition) is 3. The highest BCUT2D eigenvalue weighted by atomic mass is 16.5. The van der Waals surface area contributed by atoms with Gasteiger partial charge in [0.05, 0.1) is 6.10 Å². The minimum Gasteiger partial charge on any atom is -0.392 e. The zero-order chi connectivity index (χ0) is 63.3. The Morgan fingerprint density at radius 2 is 0.894 bits per heavy atom. The summed E-state index contributed by atoms with van der Waals surface area (Å²) in [4.78, 5) is 0. The summed E-state index contributed by atoms with van der Waals surface area (Å²) in [7, 11) is 7.70. The molecular formula is C80H169N3O2. The van der Waals surface area contributed by atoms with Crippen LogP contribution in [0, 0.1) is 23.7 Å². The molecule has 5 heteroatoms. The van der Waals surface area contributed by atoms with Gasteiger partial charge in [0.1, 0.15) is 0 Å². The molecule has 1 aliphatic carbocycles. The van der Waals surface area contributed by atoms with E-state index in [2.05, 4.69) is 96.3 Å². The third-order valence-corrected chi connectivity index (χ3v) is 17.3. The highest BCUT2D eigenvalue weighted by molar-refractivity contribution is 5.07. The van der Waals surface area contributed by atoms with Crippen molar-refractivity contribution in [1.82, 2.24) is 16.0 Å². The number of nitrogens with one attached hydrogen (secondary N) is 3. The molecule has 1 rings (SSSR count). The largest absolute Gasteiger partial charge is 0.392 e. The molecule has 7 unspecified atom stereocenters. The van der Waals surface area contributed by atoms with Gasteiger partial charge in [-0.15, -0.1) is 0 Å². The smallest absolute Gasteiger partial charge is 0.0571 e. The second-order valence-corrected chi connectivity index (χ2v) is 24.7. The normalized spacial score (nSPS) is 15.6. The first kappa shape index (κ1) is 97.1. The third kappa shape index (κ3) is 71.4. The first-order chi connectivity index (χ1) is 40.5. The number of ether oxygens (including phenoxy) is 2. The maximum atomic E-state index is 5.88. The van der Waals surface area contributed by atoms with Gasteiger partial charge in [-0.1, -0.05) is 341 Å². The number of methoxy groups -OCH3 is 2. The molecule has 0 saturated heterocycles. The van der Waals surface area contributed by atoms with Crippen LogP contribution in [-0.4, -0.2) is 53.1 Å². The molecule has 0 aliphatic heterocycles. The molecular weight excluding hydrogens is 1030 g/mol. The fourth-order valence-corrected chi connectivity index (χ4v) is 12.0. The van der Waals surface area contributed by atoms with Crippen molar-refractivity contribution in [3.8, 4) is 0 Å². The molecule has 1 saturated carbocycles. The Balaban J connectivity index is -0.000000234. The summed E-state index contributed by atoms with van der Waals surface area (Å²) in [5.41, 5.74) is 3.57. The maximum absolute atomic E-state index is 5.88. The van der Waals surface area contributed by atoms with Crippen molar-refractivity contribution in [2.75, 3.05) is 34.9 Å². The quantitative estimate of drug-likeness (QED) is 0.0419. The van der Waals surface area contributed by atoms with Crippen molar-refractivity contribution in [2.45, 2.75) is 412 Å². The van der Waals surface area contributed by atoms with Crippen LogP contribution in [0.5, 0.6) is 0 Å². The zero-order valence-electron chi connectivity index (χ0n) is 60.7. The van der Waals surface area contributed by atoms with Crippen LogP contribution < -0.4 is 16.0 Å². The molecule has 7 atom stereocenters. The number of unbranched alkanes of at least 4 members (excludes halogenated alkanes) is 27. The van der Waals surface area contributed by atoms with E-state index < -0.39 is 0 Å². The van der Waals surface area contributed by atoms with Crippen molar-refractivity contribution in [3.05, 3.63) is 48.9 Å². The Labute approximate surface area is 542 Å². The molecule has 0 bridgehead atoms. The van der Waals surface area contributed by atoms with Gasteiger partial charge in [-0.25, -0.2) is 0 Å². The molecule has 0 radical (unpaired) electrons. The molecule has 1 aliphatic rings. The summed E-state index contributed by atoms with van der Waals surface area (Å²) in [6, 6.07) is 1.24. The molecule has 5 nitrogen and oxygen atoms in total. The van der Waals surface area contributed by atoms with Crippen molar-refractivity contribution >= 4 is 0 Å². The SMILES string of the molecule is C.C.C=C(CCCCCCCCC/C=C\CC)NC.C=C(CCCCCCCCCCC)CC(=C)NC.CC.CC.CC.CCCCCCCCCCCC(CCC)C(C)C(C)NC1CC(CCCC(CCCCCCC)OC)CC(COC)C1. The fraction of sp³-hybridized carbons (Fsp3) is 0.900. The lowest BCUT2D eigenvalue weighted by molar-refractivity contribution is 0.0740. The van der Waals surface area contributed by atoms with Gasteiger partial charge in [-0.2, -0.15) is 0 Å². The summed E-state index contributed by atoms with van der Waals surface area (Å²) in [6.07, 6.45) is 65.9. The second kappa shape index (κ2) is 82.4. The van der Waals surface area contributed by atoms with Crippen LogP contribution in [0.1, 0.15) is 394 Å². The Morgan fingerprint density at radius 3 is 1.34 bits per heavy atom. The fourth-order valence-electron chi connectivity index (χ4n) is 12.0. The first-order valence-corrected chi connectivity index (χ1v) is 37.3. The van der Waals surface area contributed by atoms with E-state index in [9.17, 15) is 0 Å². The minimum atomic E-state index is 0. The molecule has 1 fully saturated rings. The topological polar surface area (TPSA) is 54.5 Å². The summed E-state index contributed by atoms with van der Waals surface area (Å²) < 4.78 is 11.6. The minimum absolute atomic E-state index is 0. The number of hydrogen-bond acceptors (Lipinski definition) is 5. The number of allylic oxidation sites excluding steroid dienone is 4. The predicted molar refractivity (Wildman–Crippen MR) is 397 cm³/mol. The van der Waals surface area contributed by atoms with Crippen LogP contribution in [0.15, 0.2) is 48.9 Å². The Morgan fingerprint density at radius 1 is 0.471 bits per heavy atom. The molecule has 0 heterocycles. The van der Waals surface area contributed by atoms with E-state index in [4.69, 9.17) is 9.47 Å². The van der Waals surface area contributed by atoms with E-state index in [0.29, 0.717) is 24.1 Å². The monoisotopic (exact) mass is 1200 g/mol. The van der Waals surface area contributed by atoms with E-state index in [0.717, 1.165) is 49.3 Å². The summed E-state index contributed by atoms with van der Waals surface area (Å²) in [6.45, 7) is 41.4. The van der Waals surface area contributed by atoms with E-state index in [1.54, 1.807) is 0 Å². The maximum Gasteiger partial charge on any atom is 0.0571 e. The zero-order valence-corrected chi connectivity index (χ0v) is 60.7. The van der Waals surface area contributed by atoms with Gasteiger partial charge in [0.2, 0.25) is 0 Å². The van der Waals surface area contributed by atoms with E-state index in [1.165, 1.54) is 281 Å². The second-order valence-electron chi connectivity index (χ2n) is 24.7. The lowest BCUT2D eigenvalue weighted by Crippen LogP contribution is -2.46. The van der Waals surface area contributed by atoms with Crippen LogP contribution in [0.25, 0.3) is 0 Å². The van der Waals surface area contributed by atoms with E-state index >= 15 is 0 Å². The molecule has 0 spiro atoms. The highest BCUT2D eigenvalue weighted by Crippen LogP contribution is 2.35. The first-order valence-electron chi connectivity index (χ1n) is 37.3. The van der Waals surface area contributed by atoms with Gasteiger partial charge in [0, 0.05) is 64.8 Å². The van der Waals surface area contributed by atoms with E-state index in [-0.39, 0.29) is 14.9 Å². The Bertz CT molecular complexity index is 1260. The van der Waals surface area contributed by atoms with Crippen LogP contribution in [0.3, 0.4) is 0 Å². The summed E-state index contributed by atoms with van der Waals surface area (Å²) >= 11 is 0. The van der Waals surface area contributed by atoms with Crippen molar-refractivity contribution in [1.29, 1.82) is 0 Å². The molecule has 0 aromatic heterocycles. The van der Waals surface area contributed by atoms with Gasteiger partial charge in [0.15, 0.2) is 0 Å². The standard InChI is InChI=1S/C39H79NO2.C17H33N.C16H31N.3C2H6.2CH4/c1-8-11-13-15-16-17-18-20-21-26-37(24-10-3)33(4)34(5)40-38-30-35(29-36(31-38)32-41-6)25-23-28-39(42-7)27-22-19-14-12-9-2;1-5-6-7-8-9-10-11-12-13-14-16(2)15-17(3)18-4;1-4-5-6-7-8-9-10-11-12-13-14-15-16(2)17-3;3*1-2;;/h33-40H,8-32H2,1-7H3;18H,2-3,5-15H2,1,4H3;5-6,17H,2,4,7-15H2,1,3H3;3*1-2H3;2*1H4/b;;6-5-;;;;;. The van der Waals surface area contributed by atoms with Crippen LogP contribution in [-0.2, 0) is 9.47 Å². The van der Waals surface area contributed by atoms with Crippen LogP contribution in [0.4, 0.5) is 0 Å². The molecule has 0 aromatic rings. The average molecular weight is 1210 g/mol. The van der Waals surface area contributed by atoms with Gasteiger partial charge < -0.3 is 25.4 Å². The van der Waals surface area contributed by atoms with Crippen LogP contribution in [0.2, 0.25) is 0 Å². The highest BCUT2D eigenvalue weighted by Gasteiger charge is 2.31. The molecule has 85 heavy (non-hydrogen) atoms. The Hall–Kier alpha value is -1.56. The van der Waals surface area contributed by atoms with Crippen molar-refractivity contribution in [2.24, 2.45) is 23.7 Å². The molecule has 0 amide bonds. The summed E-state index contributed by atoms with van der Waals surface area (Å²) in [5.74, 6) is 3.15. The van der Waals surface area contributed by atoms with Gasteiger partial charge in [0.25, 0.3) is 0 Å². The van der Waals surface area contributed by atoms with Gasteiger partial charge in [-0.3, -0.25) is 0 Å². The molecule has 516 valence electrons. The third-order valence-electron chi connectivity index (χ3n) is 17.3. The summed E-state index contributed by atoms with van der Waals surface area (Å²) in [5, 5.41) is 10.4. The van der Waals surface area contributed by atoms with Crippen molar-refractivity contribution < 1.29 is 9.47 Å². The number of rotatable bonds is 54. The lowest BCUT2D eigenvalue weighted by Gasteiger charge is -2.39. The molecule has 0 aromatic carbocycles. The van der Waals surface area contributed by atoms with Gasteiger partial charge in [-0.05, 0) is 108 Å². The lowest BCUT2D eigenvalue weighted by atomic mass is 9.75. The van der Waals surface area contributed by atoms with Crippen molar-refractivity contribution in [3.63, 3.8) is 0 Å². The molecule has 3 N–H and O–H groups in total. The van der Waals surface area contributed by atoms with Crippen LogP contribution >= 0.6 is 0 Å². The van der Waals surface area contributed by atoms with Gasteiger partial charge >= 0.3 is 0 Å². The average Bonchev–Trinajstić information content (AvgIpc) is 3.70. The Kier molecular flexibility index (Phi) is 94.1. The van der Waals surface area contributed by atoms with E-state index in [1.807, 2.05) is 69.9 Å². The predicted octanol–water partition coefficient (Wildman–Crippen LogP) is 27.0.